The van der Waals surface area contributed by atoms with E-state index in [1.54, 1.807) is 24.3 Å². The molecule has 1 rings (SSSR count). The first-order valence-corrected chi connectivity index (χ1v) is 5.71. The third-order valence-electron chi connectivity index (χ3n) is 2.13. The maximum absolute atomic E-state index is 11.5. The molecule has 0 aliphatic carbocycles. The Kier molecular flexibility index (Phi) is 5.76. The number of hydrogen-bond acceptors (Lipinski definition) is 4. The molecule has 20 heavy (non-hydrogen) atoms. The SMILES string of the molecule is NC(=O)CCOc1ccccc1NC(=O)/C=C/C(=O)O. The van der Waals surface area contributed by atoms with Gasteiger partial charge in [-0.25, -0.2) is 4.79 Å². The van der Waals surface area contributed by atoms with Crippen LogP contribution in [-0.2, 0) is 14.4 Å². The number of carbonyl (C=O) groups is 3. The van der Waals surface area contributed by atoms with Crippen molar-refractivity contribution in [3.05, 3.63) is 36.4 Å². The molecule has 0 spiro atoms. The van der Waals surface area contributed by atoms with Crippen molar-refractivity contribution >= 4 is 23.5 Å². The highest BCUT2D eigenvalue weighted by atomic mass is 16.5. The number of carboxylic acid groups (broad SMARTS) is 1. The first kappa shape index (κ1) is 15.2. The van der Waals surface area contributed by atoms with Gasteiger partial charge < -0.3 is 20.9 Å². The molecule has 0 heterocycles. The van der Waals surface area contributed by atoms with E-state index in [0.717, 1.165) is 12.2 Å². The van der Waals surface area contributed by atoms with Gasteiger partial charge in [-0.05, 0) is 12.1 Å². The minimum atomic E-state index is -1.22. The number of rotatable bonds is 7. The molecule has 0 aromatic heterocycles. The highest BCUT2D eigenvalue weighted by molar-refractivity contribution is 6.03. The van der Waals surface area contributed by atoms with Crippen LogP contribution in [0, 0.1) is 0 Å². The van der Waals surface area contributed by atoms with E-state index in [1.807, 2.05) is 0 Å². The molecule has 0 fully saturated rings. The van der Waals surface area contributed by atoms with Crippen LogP contribution in [0.1, 0.15) is 6.42 Å². The predicted molar refractivity (Wildman–Crippen MR) is 71.2 cm³/mol. The van der Waals surface area contributed by atoms with Crippen LogP contribution in [0.3, 0.4) is 0 Å². The highest BCUT2D eigenvalue weighted by Crippen LogP contribution is 2.23. The van der Waals surface area contributed by atoms with E-state index in [4.69, 9.17) is 15.6 Å². The summed E-state index contributed by atoms with van der Waals surface area (Å²) in [5.41, 5.74) is 5.36. The summed E-state index contributed by atoms with van der Waals surface area (Å²) in [7, 11) is 0. The van der Waals surface area contributed by atoms with Crippen molar-refractivity contribution in [2.24, 2.45) is 5.73 Å². The Hall–Kier alpha value is -2.83. The zero-order valence-electron chi connectivity index (χ0n) is 10.5. The Morgan fingerprint density at radius 3 is 2.60 bits per heavy atom. The molecule has 0 radical (unpaired) electrons. The third kappa shape index (κ3) is 5.67. The summed E-state index contributed by atoms with van der Waals surface area (Å²) >= 11 is 0. The molecule has 0 unspecified atom stereocenters. The number of primary amides is 1. The fourth-order valence-electron chi connectivity index (χ4n) is 1.28. The van der Waals surface area contributed by atoms with Crippen LogP contribution >= 0.6 is 0 Å². The first-order valence-electron chi connectivity index (χ1n) is 5.71. The van der Waals surface area contributed by atoms with Gasteiger partial charge >= 0.3 is 5.97 Å². The van der Waals surface area contributed by atoms with E-state index in [1.165, 1.54) is 0 Å². The lowest BCUT2D eigenvalue weighted by atomic mass is 10.3. The van der Waals surface area contributed by atoms with Gasteiger partial charge in [-0.1, -0.05) is 12.1 Å². The monoisotopic (exact) mass is 278 g/mol. The molecular formula is C13H14N2O5. The van der Waals surface area contributed by atoms with Crippen LogP contribution < -0.4 is 15.8 Å². The van der Waals surface area contributed by atoms with E-state index in [0.29, 0.717) is 11.4 Å². The van der Waals surface area contributed by atoms with Gasteiger partial charge in [0.05, 0.1) is 18.7 Å². The summed E-state index contributed by atoms with van der Waals surface area (Å²) in [5, 5.41) is 10.9. The zero-order valence-corrected chi connectivity index (χ0v) is 10.5. The number of aliphatic carboxylic acids is 1. The van der Waals surface area contributed by atoms with Gasteiger partial charge in [-0.3, -0.25) is 9.59 Å². The molecule has 0 saturated heterocycles. The summed E-state index contributed by atoms with van der Waals surface area (Å²) in [6, 6.07) is 6.57. The van der Waals surface area contributed by atoms with E-state index in [-0.39, 0.29) is 13.0 Å². The van der Waals surface area contributed by atoms with Crippen molar-refractivity contribution in [3.63, 3.8) is 0 Å². The molecule has 4 N–H and O–H groups in total. The minimum absolute atomic E-state index is 0.0567. The number of benzene rings is 1. The molecule has 1 aromatic rings. The van der Waals surface area contributed by atoms with Crippen LogP contribution in [0.4, 0.5) is 5.69 Å². The number of amides is 2. The van der Waals surface area contributed by atoms with Gasteiger partial charge in [0.1, 0.15) is 5.75 Å². The van der Waals surface area contributed by atoms with Crippen LogP contribution in [0.5, 0.6) is 5.75 Å². The number of nitrogens with one attached hydrogen (secondary N) is 1. The summed E-state index contributed by atoms with van der Waals surface area (Å²) in [6.45, 7) is 0.0905. The number of para-hydroxylation sites is 2. The zero-order chi connectivity index (χ0) is 15.0. The molecule has 2 amide bonds. The summed E-state index contributed by atoms with van der Waals surface area (Å²) in [4.78, 5) is 32.4. The van der Waals surface area contributed by atoms with E-state index in [9.17, 15) is 14.4 Å². The van der Waals surface area contributed by atoms with Crippen molar-refractivity contribution < 1.29 is 24.2 Å². The van der Waals surface area contributed by atoms with Crippen LogP contribution in [0.2, 0.25) is 0 Å². The minimum Gasteiger partial charge on any atom is -0.491 e. The number of hydrogen-bond donors (Lipinski definition) is 3. The van der Waals surface area contributed by atoms with E-state index >= 15 is 0 Å². The van der Waals surface area contributed by atoms with Crippen LogP contribution in [-0.4, -0.2) is 29.5 Å². The highest BCUT2D eigenvalue weighted by Gasteiger charge is 2.06. The smallest absolute Gasteiger partial charge is 0.328 e. The second-order valence-electron chi connectivity index (χ2n) is 3.72. The van der Waals surface area contributed by atoms with Gasteiger partial charge in [0, 0.05) is 12.2 Å². The average Bonchev–Trinajstić information content (AvgIpc) is 2.38. The van der Waals surface area contributed by atoms with Crippen LogP contribution in [0.15, 0.2) is 36.4 Å². The standard InChI is InChI=1S/C13H14N2O5/c14-11(16)7-8-20-10-4-2-1-3-9(10)15-12(17)5-6-13(18)19/h1-6H,7-8H2,(H2,14,16)(H,15,17)(H,18,19)/b6-5+. The number of carbonyl (C=O) groups excluding carboxylic acids is 2. The lowest BCUT2D eigenvalue weighted by Gasteiger charge is -2.10. The largest absolute Gasteiger partial charge is 0.491 e. The quantitative estimate of drug-likeness (QED) is 0.628. The number of nitrogens with two attached hydrogens (primary N) is 1. The van der Waals surface area contributed by atoms with Crippen molar-refractivity contribution in [1.82, 2.24) is 0 Å². The number of ether oxygens (including phenoxy) is 1. The molecule has 0 bridgehead atoms. The topological polar surface area (TPSA) is 119 Å². The van der Waals surface area contributed by atoms with Gasteiger partial charge in [0.15, 0.2) is 0 Å². The summed E-state index contributed by atoms with van der Waals surface area (Å²) in [5.74, 6) is -1.94. The second-order valence-corrected chi connectivity index (χ2v) is 3.72. The normalized spacial score (nSPS) is 10.2. The Morgan fingerprint density at radius 2 is 1.95 bits per heavy atom. The molecule has 106 valence electrons. The Labute approximate surface area is 115 Å². The van der Waals surface area contributed by atoms with Crippen molar-refractivity contribution in [2.75, 3.05) is 11.9 Å². The van der Waals surface area contributed by atoms with Gasteiger partial charge in [-0.15, -0.1) is 0 Å². The number of anilines is 1. The molecule has 0 aliphatic rings. The summed E-state index contributed by atoms with van der Waals surface area (Å²) < 4.78 is 5.32. The third-order valence-corrected chi connectivity index (χ3v) is 2.13. The molecule has 7 nitrogen and oxygen atoms in total. The van der Waals surface area contributed by atoms with Gasteiger partial charge in [0.2, 0.25) is 11.8 Å². The Bertz CT molecular complexity index is 539. The predicted octanol–water partition coefficient (Wildman–Crippen LogP) is 0.520. The van der Waals surface area contributed by atoms with Crippen molar-refractivity contribution in [2.45, 2.75) is 6.42 Å². The molecular weight excluding hydrogens is 264 g/mol. The van der Waals surface area contributed by atoms with E-state index in [2.05, 4.69) is 5.32 Å². The lowest BCUT2D eigenvalue weighted by Crippen LogP contribution is -2.15. The Morgan fingerprint density at radius 1 is 1.25 bits per heavy atom. The maximum Gasteiger partial charge on any atom is 0.328 e. The Balaban J connectivity index is 2.67. The van der Waals surface area contributed by atoms with E-state index < -0.39 is 17.8 Å². The maximum atomic E-state index is 11.5. The molecule has 0 atom stereocenters. The fraction of sp³-hybridized carbons (Fsp3) is 0.154. The van der Waals surface area contributed by atoms with Crippen molar-refractivity contribution in [1.29, 1.82) is 0 Å². The second kappa shape index (κ2) is 7.57. The van der Waals surface area contributed by atoms with Crippen LogP contribution in [0.25, 0.3) is 0 Å². The molecule has 7 heteroatoms. The lowest BCUT2D eigenvalue weighted by molar-refractivity contribution is -0.131. The van der Waals surface area contributed by atoms with Gasteiger partial charge in [0.25, 0.3) is 0 Å². The fourth-order valence-corrected chi connectivity index (χ4v) is 1.28. The average molecular weight is 278 g/mol. The van der Waals surface area contributed by atoms with Crippen molar-refractivity contribution in [3.8, 4) is 5.75 Å². The molecule has 0 aliphatic heterocycles. The number of carboxylic acids is 1. The first-order chi connectivity index (χ1) is 9.49. The molecule has 1 aromatic carbocycles. The summed E-state index contributed by atoms with van der Waals surface area (Å²) in [6.07, 6.45) is 1.68. The van der Waals surface area contributed by atoms with Gasteiger partial charge in [-0.2, -0.15) is 0 Å². The molecule has 0 saturated carbocycles.